The fourth-order valence-corrected chi connectivity index (χ4v) is 3.77. The van der Waals surface area contributed by atoms with Gasteiger partial charge in [0.25, 0.3) is 0 Å². The minimum absolute atomic E-state index is 0.0302. The van der Waals surface area contributed by atoms with Gasteiger partial charge in [0.05, 0.1) is 6.04 Å². The first-order chi connectivity index (χ1) is 10.8. The van der Waals surface area contributed by atoms with Gasteiger partial charge in [-0.25, -0.2) is 4.79 Å². The number of carbonyl (C=O) groups is 1. The van der Waals surface area contributed by atoms with Crippen molar-refractivity contribution in [3.63, 3.8) is 0 Å². The summed E-state index contributed by atoms with van der Waals surface area (Å²) >= 11 is 2.32. The molecule has 23 heavy (non-hydrogen) atoms. The van der Waals surface area contributed by atoms with Crippen LogP contribution >= 0.6 is 22.6 Å². The molecule has 2 rings (SSSR count). The highest BCUT2D eigenvalue weighted by Gasteiger charge is 2.24. The van der Waals surface area contributed by atoms with Gasteiger partial charge in [0.1, 0.15) is 5.60 Å². The Morgan fingerprint density at radius 1 is 1.30 bits per heavy atom. The van der Waals surface area contributed by atoms with Crippen LogP contribution in [0.1, 0.15) is 70.9 Å². The largest absolute Gasteiger partial charge is 0.444 e. The molecule has 1 N–H and O–H groups in total. The number of ether oxygens (including phenoxy) is 1. The van der Waals surface area contributed by atoms with Crippen molar-refractivity contribution in [1.29, 1.82) is 0 Å². The first-order valence-corrected chi connectivity index (χ1v) is 9.66. The standard InChI is InChI=1S/C19H28INO2/c1-19(2,3)23-18(22)21-17(12-14-8-5-4-6-9-14)15-10-7-11-16(20)13-15/h7,10-11,13-14,17H,4-6,8-9,12H2,1-3H3,(H,21,22). The van der Waals surface area contributed by atoms with Gasteiger partial charge in [-0.05, 0) is 73.4 Å². The molecule has 0 aromatic heterocycles. The third-order valence-electron chi connectivity index (χ3n) is 4.24. The number of alkyl carbamates (subject to hydrolysis) is 1. The van der Waals surface area contributed by atoms with Crippen LogP contribution in [0.15, 0.2) is 24.3 Å². The maximum Gasteiger partial charge on any atom is 0.408 e. The molecule has 0 aliphatic heterocycles. The van der Waals surface area contributed by atoms with E-state index < -0.39 is 5.60 Å². The van der Waals surface area contributed by atoms with Crippen molar-refractivity contribution in [3.05, 3.63) is 33.4 Å². The van der Waals surface area contributed by atoms with Crippen molar-refractivity contribution >= 4 is 28.7 Å². The summed E-state index contributed by atoms with van der Waals surface area (Å²) < 4.78 is 6.65. The van der Waals surface area contributed by atoms with Gasteiger partial charge in [0.2, 0.25) is 0 Å². The van der Waals surface area contributed by atoms with Gasteiger partial charge in [0.15, 0.2) is 0 Å². The van der Waals surface area contributed by atoms with Crippen molar-refractivity contribution in [1.82, 2.24) is 5.32 Å². The first-order valence-electron chi connectivity index (χ1n) is 8.58. The average Bonchev–Trinajstić information content (AvgIpc) is 2.45. The molecule has 4 heteroatoms. The number of halogens is 1. The molecule has 0 radical (unpaired) electrons. The summed E-state index contributed by atoms with van der Waals surface area (Å²) in [6, 6.07) is 8.43. The molecule has 0 heterocycles. The number of hydrogen-bond donors (Lipinski definition) is 1. The lowest BCUT2D eigenvalue weighted by atomic mass is 9.83. The summed E-state index contributed by atoms with van der Waals surface area (Å²) in [5.74, 6) is 0.696. The van der Waals surface area contributed by atoms with Gasteiger partial charge in [-0.1, -0.05) is 44.2 Å². The average molecular weight is 429 g/mol. The van der Waals surface area contributed by atoms with Crippen LogP contribution in [0.3, 0.4) is 0 Å². The highest BCUT2D eigenvalue weighted by Crippen LogP contribution is 2.32. The third kappa shape index (κ3) is 6.69. The zero-order valence-corrected chi connectivity index (χ0v) is 16.6. The molecule has 128 valence electrons. The molecular formula is C19H28INO2. The molecule has 1 fully saturated rings. The quantitative estimate of drug-likeness (QED) is 0.612. The van der Waals surface area contributed by atoms with Crippen LogP contribution in [-0.4, -0.2) is 11.7 Å². The van der Waals surface area contributed by atoms with Crippen LogP contribution in [0.5, 0.6) is 0 Å². The van der Waals surface area contributed by atoms with Gasteiger partial charge in [-0.2, -0.15) is 0 Å². The lowest BCUT2D eigenvalue weighted by molar-refractivity contribution is 0.0494. The van der Waals surface area contributed by atoms with Crippen LogP contribution < -0.4 is 5.32 Å². The number of hydrogen-bond acceptors (Lipinski definition) is 2. The first kappa shape index (κ1) is 18.6. The highest BCUT2D eigenvalue weighted by atomic mass is 127. The molecule has 1 atom stereocenters. The fourth-order valence-electron chi connectivity index (χ4n) is 3.21. The Hall–Kier alpha value is -0.780. The van der Waals surface area contributed by atoms with Crippen molar-refractivity contribution in [2.24, 2.45) is 5.92 Å². The number of rotatable bonds is 4. The molecule has 1 aliphatic carbocycles. The van der Waals surface area contributed by atoms with E-state index in [0.29, 0.717) is 5.92 Å². The Kier molecular flexibility index (Phi) is 6.74. The molecule has 0 saturated heterocycles. The molecule has 3 nitrogen and oxygen atoms in total. The summed E-state index contributed by atoms with van der Waals surface area (Å²) in [7, 11) is 0. The monoisotopic (exact) mass is 429 g/mol. The van der Waals surface area contributed by atoms with E-state index in [9.17, 15) is 4.79 Å². The van der Waals surface area contributed by atoms with Crippen molar-refractivity contribution in [2.75, 3.05) is 0 Å². The van der Waals surface area contributed by atoms with Gasteiger partial charge < -0.3 is 10.1 Å². The smallest absolute Gasteiger partial charge is 0.408 e. The second kappa shape index (κ2) is 8.36. The maximum atomic E-state index is 12.2. The van der Waals surface area contributed by atoms with Crippen molar-refractivity contribution in [2.45, 2.75) is 70.9 Å². The van der Waals surface area contributed by atoms with Crippen LogP contribution in [0.4, 0.5) is 4.79 Å². The van der Waals surface area contributed by atoms with E-state index in [4.69, 9.17) is 4.74 Å². The van der Waals surface area contributed by atoms with Crippen LogP contribution in [-0.2, 0) is 4.74 Å². The molecular weight excluding hydrogens is 401 g/mol. The molecule has 0 bridgehead atoms. The third-order valence-corrected chi connectivity index (χ3v) is 4.91. The fraction of sp³-hybridized carbons (Fsp3) is 0.632. The Bertz CT molecular complexity index is 518. The van der Waals surface area contributed by atoms with E-state index in [-0.39, 0.29) is 12.1 Å². The van der Waals surface area contributed by atoms with Crippen LogP contribution in [0, 0.1) is 9.49 Å². The predicted octanol–water partition coefficient (Wildman–Crippen LogP) is 5.83. The SMILES string of the molecule is CC(C)(C)OC(=O)NC(CC1CCCCC1)c1cccc(I)c1. The second-order valence-corrected chi connectivity index (χ2v) is 8.74. The molecule has 1 aromatic rings. The Morgan fingerprint density at radius 3 is 2.61 bits per heavy atom. The maximum absolute atomic E-state index is 12.2. The molecule has 0 spiro atoms. The molecule has 1 saturated carbocycles. The van der Waals surface area contributed by atoms with Gasteiger partial charge in [-0.15, -0.1) is 0 Å². The van der Waals surface area contributed by atoms with E-state index in [1.54, 1.807) is 0 Å². The lowest BCUT2D eigenvalue weighted by Gasteiger charge is -2.28. The molecule has 1 aromatic carbocycles. The highest BCUT2D eigenvalue weighted by molar-refractivity contribution is 14.1. The van der Waals surface area contributed by atoms with Crippen molar-refractivity contribution in [3.8, 4) is 0 Å². The minimum Gasteiger partial charge on any atom is -0.444 e. The van der Waals surface area contributed by atoms with E-state index in [2.05, 4.69) is 52.2 Å². The van der Waals surface area contributed by atoms with E-state index in [1.165, 1.54) is 41.2 Å². The van der Waals surface area contributed by atoms with E-state index in [0.717, 1.165) is 6.42 Å². The predicted molar refractivity (Wildman–Crippen MR) is 102 cm³/mol. The molecule has 1 unspecified atom stereocenters. The Morgan fingerprint density at radius 2 is 2.00 bits per heavy atom. The van der Waals surface area contributed by atoms with Crippen LogP contribution in [0.2, 0.25) is 0 Å². The summed E-state index contributed by atoms with van der Waals surface area (Å²) in [6.07, 6.45) is 7.21. The molecule has 1 amide bonds. The van der Waals surface area contributed by atoms with E-state index in [1.807, 2.05) is 20.8 Å². The summed E-state index contributed by atoms with van der Waals surface area (Å²) in [5.41, 5.74) is 0.707. The van der Waals surface area contributed by atoms with E-state index >= 15 is 0 Å². The van der Waals surface area contributed by atoms with Crippen LogP contribution in [0.25, 0.3) is 0 Å². The van der Waals surface area contributed by atoms with Gasteiger partial charge >= 0.3 is 6.09 Å². The van der Waals surface area contributed by atoms with Crippen molar-refractivity contribution < 1.29 is 9.53 Å². The number of carbonyl (C=O) groups excluding carboxylic acids is 1. The topological polar surface area (TPSA) is 38.3 Å². The zero-order chi connectivity index (χ0) is 16.9. The minimum atomic E-state index is -0.468. The summed E-state index contributed by atoms with van der Waals surface area (Å²) in [4.78, 5) is 12.2. The molecule has 1 aliphatic rings. The van der Waals surface area contributed by atoms with Gasteiger partial charge in [0, 0.05) is 3.57 Å². The normalized spacial score (nSPS) is 17.6. The lowest BCUT2D eigenvalue weighted by Crippen LogP contribution is -2.36. The summed E-state index contributed by atoms with van der Waals surface area (Å²) in [6.45, 7) is 5.69. The number of nitrogens with one attached hydrogen (secondary N) is 1. The Labute approximate surface area is 153 Å². The second-order valence-electron chi connectivity index (χ2n) is 7.49. The zero-order valence-electron chi connectivity index (χ0n) is 14.4. The Balaban J connectivity index is 2.08. The number of amides is 1. The summed E-state index contributed by atoms with van der Waals surface area (Å²) in [5, 5.41) is 3.10. The van der Waals surface area contributed by atoms with Gasteiger partial charge in [-0.3, -0.25) is 0 Å². The number of benzene rings is 1.